The Morgan fingerprint density at radius 3 is 2.89 bits per heavy atom. The second-order valence-electron chi connectivity index (χ2n) is 5.02. The predicted octanol–water partition coefficient (Wildman–Crippen LogP) is 5.62. The van der Waals surface area contributed by atoms with Crippen molar-refractivity contribution in [1.29, 1.82) is 0 Å². The Bertz CT molecular complexity index is 526. The lowest BCUT2D eigenvalue weighted by atomic mass is 9.89. The highest BCUT2D eigenvalue weighted by molar-refractivity contribution is 6.02. The van der Waals surface area contributed by atoms with Gasteiger partial charge in [-0.3, -0.25) is 4.99 Å². The molecule has 0 amide bonds. The zero-order valence-electron chi connectivity index (χ0n) is 15.4. The van der Waals surface area contributed by atoms with E-state index in [1.807, 2.05) is 19.9 Å². The molecule has 104 valence electrons. The van der Waals surface area contributed by atoms with Crippen LogP contribution in [-0.4, -0.2) is 5.71 Å². The molecule has 0 saturated carbocycles. The lowest BCUT2D eigenvalue weighted by Crippen LogP contribution is -2.09. The van der Waals surface area contributed by atoms with Gasteiger partial charge in [0, 0.05) is 16.0 Å². The molecule has 0 aromatic carbocycles. The Labute approximate surface area is 122 Å². The van der Waals surface area contributed by atoms with Crippen LogP contribution in [0.15, 0.2) is 53.2 Å². The van der Waals surface area contributed by atoms with Crippen molar-refractivity contribution in [3.05, 3.63) is 48.2 Å². The summed E-state index contributed by atoms with van der Waals surface area (Å²) in [5.74, 6) is -0.828. The molecule has 0 spiro atoms. The molecule has 3 unspecified atom stereocenters. The van der Waals surface area contributed by atoms with E-state index in [2.05, 4.69) is 25.1 Å². The Hall–Kier alpha value is -1.37. The Morgan fingerprint density at radius 1 is 1.53 bits per heavy atom. The minimum Gasteiger partial charge on any atom is -0.261 e. The Kier molecular flexibility index (Phi) is 4.78. The van der Waals surface area contributed by atoms with Gasteiger partial charge in [0.2, 0.25) is 0 Å². The summed E-state index contributed by atoms with van der Waals surface area (Å²) in [5.41, 5.74) is 2.67. The SMILES string of the molecule is [2H]C1C(C([2H])(C)CCCC)=CN=C(C(=C)C=CC(=C)C)C1[2H]. The summed E-state index contributed by atoms with van der Waals surface area (Å²) in [5, 5.41) is 0. The highest BCUT2D eigenvalue weighted by atomic mass is 14.7. The van der Waals surface area contributed by atoms with Gasteiger partial charge in [-0.05, 0) is 43.2 Å². The lowest BCUT2D eigenvalue weighted by molar-refractivity contribution is 0.553. The van der Waals surface area contributed by atoms with Crippen molar-refractivity contribution < 1.29 is 4.11 Å². The fourth-order valence-corrected chi connectivity index (χ4v) is 1.75. The minimum atomic E-state index is -0.828. The number of aliphatic imine (C=N–C) groups is 1. The molecule has 0 aromatic heterocycles. The average Bonchev–Trinajstić information content (AvgIpc) is 2.45. The molecule has 0 bridgehead atoms. The lowest BCUT2D eigenvalue weighted by Gasteiger charge is -2.19. The maximum absolute atomic E-state index is 8.47. The number of nitrogens with zero attached hydrogens (tertiary/aromatic N) is 1. The average molecular weight is 260 g/mol. The summed E-state index contributed by atoms with van der Waals surface area (Å²) in [6.45, 7) is 13.5. The van der Waals surface area contributed by atoms with E-state index in [1.54, 1.807) is 12.3 Å². The van der Waals surface area contributed by atoms with Crippen LogP contribution in [0.25, 0.3) is 0 Å². The maximum atomic E-state index is 8.47. The Balaban J connectivity index is 3.02. The van der Waals surface area contributed by atoms with Gasteiger partial charge in [0.05, 0.1) is 0 Å². The Morgan fingerprint density at radius 2 is 2.26 bits per heavy atom. The monoisotopic (exact) mass is 260 g/mol. The largest absolute Gasteiger partial charge is 0.261 e. The molecule has 1 aliphatic heterocycles. The smallest absolute Gasteiger partial charge is 0.0473 e. The summed E-state index contributed by atoms with van der Waals surface area (Å²) in [7, 11) is 0. The van der Waals surface area contributed by atoms with Gasteiger partial charge >= 0.3 is 0 Å². The van der Waals surface area contributed by atoms with Crippen LogP contribution in [0.3, 0.4) is 0 Å². The molecule has 1 rings (SSSR count). The zero-order chi connectivity index (χ0) is 16.9. The van der Waals surface area contributed by atoms with E-state index in [4.69, 9.17) is 4.11 Å². The van der Waals surface area contributed by atoms with Gasteiger partial charge < -0.3 is 0 Å². The van der Waals surface area contributed by atoms with Gasteiger partial charge in [-0.15, -0.1) is 0 Å². The van der Waals surface area contributed by atoms with Crippen LogP contribution >= 0.6 is 0 Å². The van der Waals surface area contributed by atoms with Gasteiger partial charge in [0.1, 0.15) is 0 Å². The van der Waals surface area contributed by atoms with Crippen LogP contribution < -0.4 is 0 Å². The van der Waals surface area contributed by atoms with E-state index < -0.39 is 18.7 Å². The van der Waals surface area contributed by atoms with Crippen LogP contribution in [0.5, 0.6) is 0 Å². The normalized spacial score (nSPS) is 28.7. The second-order valence-corrected chi connectivity index (χ2v) is 5.02. The first kappa shape index (κ1) is 11.5. The standard InChI is InChI=1S/C18H27N/c1-6-7-8-15(4)17-11-12-18(19-13-17)16(5)10-9-14(2)3/h9-10,13,15H,2,5-8,11-12H2,1,3-4H3/i11D,12D,15D. The molecule has 0 radical (unpaired) electrons. The predicted molar refractivity (Wildman–Crippen MR) is 86.5 cm³/mol. The summed E-state index contributed by atoms with van der Waals surface area (Å²) in [4.78, 5) is 4.34. The molecule has 1 heteroatoms. The van der Waals surface area contributed by atoms with E-state index in [0.717, 1.165) is 18.4 Å². The fraction of sp³-hybridized carbons (Fsp3) is 0.500. The molecule has 0 N–H and O–H groups in total. The number of unbranched alkanes of at least 4 members (excludes halogenated alkanes) is 1. The highest BCUT2D eigenvalue weighted by Gasteiger charge is 2.14. The fourth-order valence-electron chi connectivity index (χ4n) is 1.75. The molecule has 1 nitrogen and oxygen atoms in total. The van der Waals surface area contributed by atoms with Crippen molar-refractivity contribution in [3.8, 4) is 0 Å². The van der Waals surface area contributed by atoms with E-state index >= 15 is 0 Å². The van der Waals surface area contributed by atoms with Crippen LogP contribution in [0.2, 0.25) is 0 Å². The van der Waals surface area contributed by atoms with Crippen molar-refractivity contribution in [2.24, 2.45) is 10.9 Å². The first-order chi connectivity index (χ1) is 10.2. The molecule has 0 fully saturated rings. The van der Waals surface area contributed by atoms with E-state index in [9.17, 15) is 0 Å². The van der Waals surface area contributed by atoms with Crippen LogP contribution in [0.1, 0.15) is 56.9 Å². The molecule has 19 heavy (non-hydrogen) atoms. The van der Waals surface area contributed by atoms with Crippen LogP contribution in [0, 0.1) is 5.89 Å². The maximum Gasteiger partial charge on any atom is 0.0473 e. The van der Waals surface area contributed by atoms with Crippen molar-refractivity contribution in [1.82, 2.24) is 0 Å². The number of hydrogen-bond acceptors (Lipinski definition) is 1. The first-order valence-corrected chi connectivity index (χ1v) is 6.86. The van der Waals surface area contributed by atoms with Gasteiger partial charge in [-0.1, -0.05) is 57.6 Å². The summed E-state index contributed by atoms with van der Waals surface area (Å²) >= 11 is 0. The van der Waals surface area contributed by atoms with E-state index in [-0.39, 0.29) is 0 Å². The molecular weight excluding hydrogens is 230 g/mol. The summed E-state index contributed by atoms with van der Waals surface area (Å²) in [6, 6.07) is 0. The molecular formula is C18H27N. The highest BCUT2D eigenvalue weighted by Crippen LogP contribution is 2.26. The molecule has 0 aromatic rings. The van der Waals surface area contributed by atoms with Gasteiger partial charge in [0.25, 0.3) is 0 Å². The molecule has 0 saturated heterocycles. The van der Waals surface area contributed by atoms with E-state index in [1.165, 1.54) is 0 Å². The van der Waals surface area contributed by atoms with Gasteiger partial charge in [0.15, 0.2) is 0 Å². The van der Waals surface area contributed by atoms with Crippen LogP contribution in [-0.2, 0) is 0 Å². The van der Waals surface area contributed by atoms with Crippen molar-refractivity contribution in [3.63, 3.8) is 0 Å². The summed E-state index contributed by atoms with van der Waals surface area (Å²) < 4.78 is 25.1. The van der Waals surface area contributed by atoms with Gasteiger partial charge in [-0.2, -0.15) is 0 Å². The molecule has 1 heterocycles. The first-order valence-electron chi connectivity index (χ1n) is 8.51. The second kappa shape index (κ2) is 7.93. The zero-order valence-corrected chi connectivity index (χ0v) is 12.4. The molecule has 1 aliphatic rings. The van der Waals surface area contributed by atoms with E-state index in [0.29, 0.717) is 23.3 Å². The van der Waals surface area contributed by atoms with Crippen molar-refractivity contribution >= 4 is 5.71 Å². The quantitative estimate of drug-likeness (QED) is 0.527. The number of rotatable bonds is 7. The van der Waals surface area contributed by atoms with Crippen molar-refractivity contribution in [2.75, 3.05) is 0 Å². The molecule has 3 atom stereocenters. The van der Waals surface area contributed by atoms with Crippen LogP contribution in [0.4, 0.5) is 0 Å². The minimum absolute atomic E-state index is 0.507. The third-order valence-electron chi connectivity index (χ3n) is 3.06. The van der Waals surface area contributed by atoms with Gasteiger partial charge in [-0.25, -0.2) is 0 Å². The number of allylic oxidation sites excluding steroid dienone is 5. The van der Waals surface area contributed by atoms with Crippen molar-refractivity contribution in [2.45, 2.75) is 52.8 Å². The molecule has 0 aliphatic carbocycles. The topological polar surface area (TPSA) is 12.4 Å². The number of hydrogen-bond donors (Lipinski definition) is 0. The summed E-state index contributed by atoms with van der Waals surface area (Å²) in [6.07, 6.45) is 6.31. The third-order valence-corrected chi connectivity index (χ3v) is 3.06. The third kappa shape index (κ3) is 5.42.